The average Bonchev–Trinajstić information content (AvgIpc) is 2.77. The fourth-order valence-electron chi connectivity index (χ4n) is 2.86. The van der Waals surface area contributed by atoms with Crippen LogP contribution >= 0.6 is 0 Å². The van der Waals surface area contributed by atoms with Crippen molar-refractivity contribution in [3.63, 3.8) is 0 Å². The summed E-state index contributed by atoms with van der Waals surface area (Å²) in [6.07, 6.45) is 1.04. The van der Waals surface area contributed by atoms with Crippen LogP contribution < -0.4 is 10.1 Å². The molecule has 0 fully saturated rings. The highest BCUT2D eigenvalue weighted by atomic mass is 19.1. The van der Waals surface area contributed by atoms with E-state index in [-0.39, 0.29) is 28.8 Å². The van der Waals surface area contributed by atoms with Gasteiger partial charge < -0.3 is 19.5 Å². The first-order valence-electron chi connectivity index (χ1n) is 9.40. The van der Waals surface area contributed by atoms with Gasteiger partial charge in [0, 0.05) is 23.3 Å². The molecule has 3 rings (SSSR count). The zero-order valence-corrected chi connectivity index (χ0v) is 17.1. The van der Waals surface area contributed by atoms with E-state index in [9.17, 15) is 23.2 Å². The maximum Gasteiger partial charge on any atom is 0.343 e. The van der Waals surface area contributed by atoms with Crippen molar-refractivity contribution in [1.29, 1.82) is 0 Å². The van der Waals surface area contributed by atoms with Gasteiger partial charge in [0.2, 0.25) is 0 Å². The van der Waals surface area contributed by atoms with Gasteiger partial charge in [-0.1, -0.05) is 0 Å². The lowest BCUT2D eigenvalue weighted by molar-refractivity contribution is -0.118. The third kappa shape index (κ3) is 4.97. The number of methoxy groups -OCH3 is 1. The minimum absolute atomic E-state index is 0.0515. The molecule has 1 N–H and O–H groups in total. The fourth-order valence-corrected chi connectivity index (χ4v) is 2.86. The molecule has 0 bridgehead atoms. The molecule has 0 unspecified atom stereocenters. The number of carbonyl (C=O) groups is 3. The summed E-state index contributed by atoms with van der Waals surface area (Å²) in [6, 6.07) is 7.49. The molecular weight excluding hydrogens is 426 g/mol. The number of pyridine rings is 1. The summed E-state index contributed by atoms with van der Waals surface area (Å²) in [4.78, 5) is 39.9. The smallest absolute Gasteiger partial charge is 0.343 e. The van der Waals surface area contributed by atoms with Crippen LogP contribution in [0.5, 0.6) is 5.75 Å². The quantitative estimate of drug-likeness (QED) is 0.557. The third-order valence-corrected chi connectivity index (χ3v) is 4.27. The standard InChI is InChI=1S/C22H18F2N2O6/c1-3-31-22(29)16-10-25-19-15(8-13(23)9-17(19)24)20(16)32-11-18(27)26-14-6-4-12(5-7-14)21(28)30-2/h4-10H,3,11H2,1-2H3,(H,26,27). The van der Waals surface area contributed by atoms with Crippen LogP contribution in [-0.4, -0.2) is 43.2 Å². The maximum atomic E-state index is 14.1. The van der Waals surface area contributed by atoms with Crippen molar-refractivity contribution >= 4 is 34.4 Å². The number of aromatic nitrogens is 1. The molecule has 8 nitrogen and oxygen atoms in total. The van der Waals surface area contributed by atoms with E-state index < -0.39 is 36.1 Å². The van der Waals surface area contributed by atoms with Crippen molar-refractivity contribution in [3.05, 3.63) is 65.4 Å². The van der Waals surface area contributed by atoms with E-state index in [0.29, 0.717) is 17.3 Å². The number of carbonyl (C=O) groups excluding carboxylic acids is 3. The Bertz CT molecular complexity index is 1180. The minimum atomic E-state index is -0.949. The number of halogens is 2. The zero-order valence-electron chi connectivity index (χ0n) is 17.1. The summed E-state index contributed by atoms with van der Waals surface area (Å²) < 4.78 is 42.9. The van der Waals surface area contributed by atoms with Gasteiger partial charge in [-0.3, -0.25) is 9.78 Å². The molecule has 166 valence electrons. The largest absolute Gasteiger partial charge is 0.482 e. The molecule has 3 aromatic rings. The van der Waals surface area contributed by atoms with Crippen molar-refractivity contribution in [2.45, 2.75) is 6.92 Å². The van der Waals surface area contributed by atoms with E-state index in [1.54, 1.807) is 6.92 Å². The second kappa shape index (κ2) is 9.82. The number of hydrogen-bond donors (Lipinski definition) is 1. The topological polar surface area (TPSA) is 104 Å². The summed E-state index contributed by atoms with van der Waals surface area (Å²) in [7, 11) is 1.25. The second-order valence-corrected chi connectivity index (χ2v) is 6.41. The van der Waals surface area contributed by atoms with Crippen molar-refractivity contribution in [3.8, 4) is 5.75 Å². The number of benzene rings is 2. The summed E-state index contributed by atoms with van der Waals surface area (Å²) in [6.45, 7) is 1.06. The van der Waals surface area contributed by atoms with Gasteiger partial charge in [-0.05, 0) is 37.3 Å². The molecule has 0 aliphatic rings. The highest BCUT2D eigenvalue weighted by Gasteiger charge is 2.21. The van der Waals surface area contributed by atoms with Crippen molar-refractivity contribution < 1.29 is 37.4 Å². The number of hydrogen-bond acceptors (Lipinski definition) is 7. The lowest BCUT2D eigenvalue weighted by Crippen LogP contribution is -2.21. The Morgan fingerprint density at radius 3 is 2.44 bits per heavy atom. The number of esters is 2. The van der Waals surface area contributed by atoms with Gasteiger partial charge >= 0.3 is 11.9 Å². The van der Waals surface area contributed by atoms with Crippen LogP contribution in [0.2, 0.25) is 0 Å². The van der Waals surface area contributed by atoms with E-state index in [1.807, 2.05) is 0 Å². The molecule has 32 heavy (non-hydrogen) atoms. The van der Waals surface area contributed by atoms with E-state index in [2.05, 4.69) is 15.0 Å². The first kappa shape index (κ1) is 22.6. The first-order valence-corrected chi connectivity index (χ1v) is 9.40. The predicted octanol–water partition coefficient (Wildman–Crippen LogP) is 3.49. The molecule has 0 radical (unpaired) electrons. The Labute approximate surface area is 181 Å². The van der Waals surface area contributed by atoms with Crippen LogP contribution in [0, 0.1) is 11.6 Å². The maximum absolute atomic E-state index is 14.1. The van der Waals surface area contributed by atoms with E-state index in [4.69, 9.17) is 9.47 Å². The second-order valence-electron chi connectivity index (χ2n) is 6.41. The highest BCUT2D eigenvalue weighted by Crippen LogP contribution is 2.31. The number of rotatable bonds is 7. The number of nitrogens with zero attached hydrogens (tertiary/aromatic N) is 1. The van der Waals surface area contributed by atoms with Crippen molar-refractivity contribution in [1.82, 2.24) is 4.98 Å². The monoisotopic (exact) mass is 444 g/mol. The molecular formula is C22H18F2N2O6. The molecule has 0 aliphatic carbocycles. The lowest BCUT2D eigenvalue weighted by atomic mass is 10.1. The molecule has 1 heterocycles. The molecule has 10 heteroatoms. The zero-order chi connectivity index (χ0) is 23.3. The summed E-state index contributed by atoms with van der Waals surface area (Å²) in [5, 5.41) is 2.42. The fraction of sp³-hybridized carbons (Fsp3) is 0.182. The average molecular weight is 444 g/mol. The Kier molecular flexibility index (Phi) is 6.93. The number of nitrogens with one attached hydrogen (secondary N) is 1. The third-order valence-electron chi connectivity index (χ3n) is 4.27. The first-order chi connectivity index (χ1) is 15.3. The minimum Gasteiger partial charge on any atom is -0.482 e. The number of ether oxygens (including phenoxy) is 3. The predicted molar refractivity (Wildman–Crippen MR) is 110 cm³/mol. The van der Waals surface area contributed by atoms with Crippen LogP contribution in [0.25, 0.3) is 10.9 Å². The van der Waals surface area contributed by atoms with Crippen LogP contribution in [-0.2, 0) is 14.3 Å². The number of amides is 1. The molecule has 2 aromatic carbocycles. The Hall–Kier alpha value is -4.08. The molecule has 0 saturated heterocycles. The van der Waals surface area contributed by atoms with E-state index >= 15 is 0 Å². The van der Waals surface area contributed by atoms with Gasteiger partial charge in [0.15, 0.2) is 12.4 Å². The summed E-state index contributed by atoms with van der Waals surface area (Å²) in [5.74, 6) is -4.05. The number of anilines is 1. The van der Waals surface area contributed by atoms with Gasteiger partial charge in [-0.2, -0.15) is 0 Å². The van der Waals surface area contributed by atoms with Crippen LogP contribution in [0.4, 0.5) is 14.5 Å². The van der Waals surface area contributed by atoms with Crippen molar-refractivity contribution in [2.24, 2.45) is 0 Å². The van der Waals surface area contributed by atoms with Gasteiger partial charge in [0.25, 0.3) is 5.91 Å². The molecule has 1 amide bonds. The normalized spacial score (nSPS) is 10.5. The van der Waals surface area contributed by atoms with Crippen LogP contribution in [0.3, 0.4) is 0 Å². The molecule has 0 aliphatic heterocycles. The van der Waals surface area contributed by atoms with Crippen LogP contribution in [0.15, 0.2) is 42.6 Å². The summed E-state index contributed by atoms with van der Waals surface area (Å²) >= 11 is 0. The lowest BCUT2D eigenvalue weighted by Gasteiger charge is -2.14. The van der Waals surface area contributed by atoms with Gasteiger partial charge in [0.05, 0.1) is 19.3 Å². The summed E-state index contributed by atoms with van der Waals surface area (Å²) in [5.41, 5.74) is 0.259. The molecule has 0 atom stereocenters. The van der Waals surface area contributed by atoms with Gasteiger partial charge in [-0.15, -0.1) is 0 Å². The highest BCUT2D eigenvalue weighted by molar-refractivity contribution is 6.00. The van der Waals surface area contributed by atoms with Gasteiger partial charge in [0.1, 0.15) is 22.6 Å². The van der Waals surface area contributed by atoms with Gasteiger partial charge in [-0.25, -0.2) is 18.4 Å². The van der Waals surface area contributed by atoms with E-state index in [0.717, 1.165) is 12.3 Å². The van der Waals surface area contributed by atoms with E-state index in [1.165, 1.54) is 31.4 Å². The Morgan fingerprint density at radius 2 is 1.78 bits per heavy atom. The molecule has 1 aromatic heterocycles. The van der Waals surface area contributed by atoms with Crippen LogP contribution in [0.1, 0.15) is 27.6 Å². The Balaban J connectivity index is 1.83. The molecule has 0 saturated carbocycles. The number of fused-ring (bicyclic) bond motifs is 1. The van der Waals surface area contributed by atoms with Crippen molar-refractivity contribution in [2.75, 3.05) is 25.6 Å². The molecule has 0 spiro atoms. The SMILES string of the molecule is CCOC(=O)c1cnc2c(F)cc(F)cc2c1OCC(=O)Nc1ccc(C(=O)OC)cc1. The Morgan fingerprint density at radius 1 is 1.06 bits per heavy atom.